The fraction of sp³-hybridized carbons (Fsp3) is 0.429. The van der Waals surface area contributed by atoms with Crippen molar-refractivity contribution in [2.24, 2.45) is 11.8 Å². The number of β-amino-alcohol motifs (C(OH)–C–C–N with tert-alkyl or cyclic N) is 1. The van der Waals surface area contributed by atoms with Gasteiger partial charge in [-0.2, -0.15) is 0 Å². The minimum Gasteiger partial charge on any atom is -0.497 e. The number of fused-ring (bicyclic) bond motifs is 2. The van der Waals surface area contributed by atoms with Gasteiger partial charge in [0.25, 0.3) is 5.91 Å². The number of nitrogens with zero attached hydrogens (tertiary/aromatic N) is 3. The summed E-state index contributed by atoms with van der Waals surface area (Å²) in [6, 6.07) is 14.6. The number of anilines is 1. The number of esters is 1. The predicted molar refractivity (Wildman–Crippen MR) is 168 cm³/mol. The van der Waals surface area contributed by atoms with Crippen molar-refractivity contribution in [2.45, 2.75) is 49.7 Å². The van der Waals surface area contributed by atoms with Crippen molar-refractivity contribution in [2.75, 3.05) is 38.8 Å². The number of likely N-dealkylation sites (tertiary alicyclic amines) is 1. The molecule has 0 aromatic heterocycles. The van der Waals surface area contributed by atoms with E-state index < -0.39 is 59.5 Å². The lowest BCUT2D eigenvalue weighted by Gasteiger charge is -2.35. The largest absolute Gasteiger partial charge is 0.497 e. The smallest absolute Gasteiger partial charge is 0.313 e. The van der Waals surface area contributed by atoms with E-state index >= 15 is 0 Å². The Bertz CT molecular complexity index is 1540. The number of benzene rings is 2. The molecule has 2 fully saturated rings. The maximum absolute atomic E-state index is 14.4. The Morgan fingerprint density at radius 1 is 1.00 bits per heavy atom. The Labute approximate surface area is 268 Å². The monoisotopic (exact) mass is 629 g/mol. The van der Waals surface area contributed by atoms with E-state index in [0.717, 1.165) is 0 Å². The molecular weight excluding hydrogens is 590 g/mol. The number of aliphatic hydroxyl groups is 1. The maximum atomic E-state index is 14.4. The number of allylic oxidation sites excluding steroid dienone is 1. The highest BCUT2D eigenvalue weighted by molar-refractivity contribution is 6.05. The molecular formula is C35H39N3O8. The first-order chi connectivity index (χ1) is 22.2. The van der Waals surface area contributed by atoms with Gasteiger partial charge in [-0.3, -0.25) is 19.2 Å². The summed E-state index contributed by atoms with van der Waals surface area (Å²) >= 11 is 0. The fourth-order valence-electron chi connectivity index (χ4n) is 7.23. The molecule has 0 saturated carbocycles. The molecule has 11 heteroatoms. The molecule has 4 heterocycles. The van der Waals surface area contributed by atoms with Crippen LogP contribution in [0.4, 0.5) is 5.69 Å². The van der Waals surface area contributed by atoms with Gasteiger partial charge in [0.15, 0.2) is 0 Å². The summed E-state index contributed by atoms with van der Waals surface area (Å²) in [5.41, 5.74) is -0.188. The number of hydrogen-bond acceptors (Lipinski definition) is 8. The molecule has 46 heavy (non-hydrogen) atoms. The van der Waals surface area contributed by atoms with Crippen LogP contribution in [0.3, 0.4) is 0 Å². The molecule has 4 aliphatic heterocycles. The van der Waals surface area contributed by atoms with Crippen molar-refractivity contribution in [1.29, 1.82) is 0 Å². The first-order valence-electron chi connectivity index (χ1n) is 15.6. The van der Waals surface area contributed by atoms with Gasteiger partial charge in [0.1, 0.15) is 29.4 Å². The highest BCUT2D eigenvalue weighted by Gasteiger charge is 2.71. The van der Waals surface area contributed by atoms with Gasteiger partial charge in [-0.25, -0.2) is 0 Å². The van der Waals surface area contributed by atoms with Gasteiger partial charge < -0.3 is 34.0 Å². The summed E-state index contributed by atoms with van der Waals surface area (Å²) in [6.07, 6.45) is 5.94. The number of carbonyl (C=O) groups excluding carboxylic acids is 4. The Balaban J connectivity index is 1.43. The van der Waals surface area contributed by atoms with Gasteiger partial charge in [0.2, 0.25) is 11.8 Å². The second-order valence-electron chi connectivity index (χ2n) is 12.1. The number of aliphatic hydroxyl groups excluding tert-OH is 1. The van der Waals surface area contributed by atoms with Crippen molar-refractivity contribution in [1.82, 2.24) is 9.80 Å². The van der Waals surface area contributed by atoms with Crippen molar-refractivity contribution in [3.63, 3.8) is 0 Å². The molecule has 0 unspecified atom stereocenters. The van der Waals surface area contributed by atoms with Crippen LogP contribution in [0, 0.1) is 11.8 Å². The van der Waals surface area contributed by atoms with Crippen LogP contribution in [0.5, 0.6) is 5.75 Å². The molecule has 2 aromatic rings. The van der Waals surface area contributed by atoms with Crippen LogP contribution >= 0.6 is 0 Å². The summed E-state index contributed by atoms with van der Waals surface area (Å²) in [4.78, 5) is 60.7. The number of rotatable bonds is 5. The first kappa shape index (κ1) is 31.5. The highest BCUT2D eigenvalue weighted by Crippen LogP contribution is 2.53. The van der Waals surface area contributed by atoms with Crippen LogP contribution < -0.4 is 9.64 Å². The van der Waals surface area contributed by atoms with E-state index in [9.17, 15) is 24.3 Å². The second kappa shape index (κ2) is 12.7. The average molecular weight is 630 g/mol. The van der Waals surface area contributed by atoms with Crippen molar-refractivity contribution < 1.29 is 38.5 Å². The summed E-state index contributed by atoms with van der Waals surface area (Å²) in [5.74, 6) is -3.15. The molecule has 2 saturated heterocycles. The molecule has 1 N–H and O–H groups in total. The fourth-order valence-corrected chi connectivity index (χ4v) is 7.23. The van der Waals surface area contributed by atoms with Gasteiger partial charge >= 0.3 is 5.97 Å². The van der Waals surface area contributed by atoms with E-state index in [1.54, 1.807) is 72.5 Å². The van der Waals surface area contributed by atoms with Crippen LogP contribution in [0.15, 0.2) is 78.9 Å². The minimum atomic E-state index is -1.50. The van der Waals surface area contributed by atoms with Crippen LogP contribution in [0.2, 0.25) is 0 Å². The third-order valence-electron chi connectivity index (χ3n) is 9.66. The van der Waals surface area contributed by atoms with E-state index in [-0.39, 0.29) is 32.0 Å². The summed E-state index contributed by atoms with van der Waals surface area (Å²) < 4.78 is 18.2. The number of amides is 3. The lowest BCUT2D eigenvalue weighted by molar-refractivity contribution is -0.164. The molecule has 4 aliphatic rings. The average Bonchev–Trinajstić information content (AvgIpc) is 3.45. The Hall–Kier alpha value is -4.48. The molecule has 1 spiro atoms. The van der Waals surface area contributed by atoms with Gasteiger partial charge in [-0.1, -0.05) is 54.6 Å². The third-order valence-corrected chi connectivity index (χ3v) is 9.66. The molecule has 242 valence electrons. The van der Waals surface area contributed by atoms with E-state index in [4.69, 9.17) is 14.2 Å². The molecule has 6 rings (SSSR count). The van der Waals surface area contributed by atoms with Crippen molar-refractivity contribution in [3.8, 4) is 5.75 Å². The van der Waals surface area contributed by atoms with Gasteiger partial charge in [-0.15, -0.1) is 0 Å². The van der Waals surface area contributed by atoms with E-state index in [1.165, 1.54) is 4.90 Å². The zero-order valence-corrected chi connectivity index (χ0v) is 26.2. The molecule has 0 aliphatic carbocycles. The predicted octanol–water partition coefficient (Wildman–Crippen LogP) is 2.65. The minimum absolute atomic E-state index is 0.0973. The van der Waals surface area contributed by atoms with Crippen LogP contribution in [0.1, 0.15) is 31.4 Å². The Morgan fingerprint density at radius 2 is 1.74 bits per heavy atom. The van der Waals surface area contributed by atoms with Crippen molar-refractivity contribution in [3.05, 3.63) is 84.5 Å². The lowest BCUT2D eigenvalue weighted by Crippen LogP contribution is -2.55. The molecule has 11 nitrogen and oxygen atoms in total. The van der Waals surface area contributed by atoms with Crippen molar-refractivity contribution >= 4 is 29.4 Å². The zero-order valence-electron chi connectivity index (χ0n) is 26.2. The number of cyclic esters (lactones) is 1. The number of ether oxygens (including phenoxy) is 3. The molecule has 0 radical (unpaired) electrons. The van der Waals surface area contributed by atoms with Gasteiger partial charge in [0, 0.05) is 32.2 Å². The second-order valence-corrected chi connectivity index (χ2v) is 12.1. The first-order valence-corrected chi connectivity index (χ1v) is 15.6. The summed E-state index contributed by atoms with van der Waals surface area (Å²) in [7, 11) is 3.25. The molecule has 2 aromatic carbocycles. The number of hydrogen-bond donors (Lipinski definition) is 1. The zero-order chi connectivity index (χ0) is 32.6. The van der Waals surface area contributed by atoms with E-state index in [2.05, 4.69) is 0 Å². The van der Waals surface area contributed by atoms with Gasteiger partial charge in [-0.05, 0) is 43.2 Å². The topological polar surface area (TPSA) is 126 Å². The number of carbonyl (C=O) groups is 4. The normalized spacial score (nSPS) is 32.1. The molecule has 0 bridgehead atoms. The third kappa shape index (κ3) is 5.27. The lowest BCUT2D eigenvalue weighted by atomic mass is 9.77. The quantitative estimate of drug-likeness (QED) is 0.396. The molecule has 3 amide bonds. The van der Waals surface area contributed by atoms with Gasteiger partial charge in [0.05, 0.1) is 31.8 Å². The summed E-state index contributed by atoms with van der Waals surface area (Å²) in [5, 5.41) is 10.00. The Kier molecular flexibility index (Phi) is 8.71. The van der Waals surface area contributed by atoms with Crippen LogP contribution in [-0.2, 0) is 28.7 Å². The number of methoxy groups -OCH3 is 1. The Morgan fingerprint density at radius 3 is 2.43 bits per heavy atom. The van der Waals surface area contributed by atoms with E-state index in [1.807, 2.05) is 37.3 Å². The maximum Gasteiger partial charge on any atom is 0.313 e. The van der Waals surface area contributed by atoms with E-state index in [0.29, 0.717) is 23.4 Å². The standard InChI is InChI=1S/C35H39N3O8/c1-22-30(23-10-5-4-6-11-23)45-34(43)28-26(12-7-8-13-27(40)36(22)2)46-35-18-9-19-37(24-14-16-25(44-3)17-15-24)33(42)31(35)38(20-21-39)32(41)29(28)35/h4-7,9-12,14-18,22,26,28-31,39H,8,13,19-21H2,1-3H3/b12-7-/t22-,26-,28+,29+,30+,31-,35+/m0/s1. The summed E-state index contributed by atoms with van der Waals surface area (Å²) in [6.45, 7) is 1.55. The molecule has 7 atom stereocenters. The SMILES string of the molecule is COc1ccc(N2CC=C[C@@]34O[C@H]5/C=C\CCC(=O)N(C)[C@@H](C)[C@H](c6ccccc6)OC(=O)[C@H]5[C@@H]3C(=O)N(CCO)[C@H]4C2=O)cc1. The number of likely N-dealkylation sites (N-methyl/N-ethyl adjacent to an activating group) is 1. The highest BCUT2D eigenvalue weighted by atomic mass is 16.6. The van der Waals surface area contributed by atoms with Crippen LogP contribution in [-0.4, -0.2) is 96.2 Å². The van der Waals surface area contributed by atoms with Crippen LogP contribution in [0.25, 0.3) is 0 Å².